The Morgan fingerprint density at radius 3 is 2.50 bits per heavy atom. The lowest BCUT2D eigenvalue weighted by Crippen LogP contribution is -2.41. The lowest BCUT2D eigenvalue weighted by atomic mass is 10.2. The fraction of sp³-hybridized carbons (Fsp3) is 0.368. The second-order valence-electron chi connectivity index (χ2n) is 6.73. The van der Waals surface area contributed by atoms with Crippen molar-refractivity contribution in [2.75, 3.05) is 26.3 Å². The number of nitrogens with zero attached hydrogens (tertiary/aromatic N) is 1. The van der Waals surface area contributed by atoms with Gasteiger partial charge in [-0.25, -0.2) is 4.39 Å². The average Bonchev–Trinajstić information content (AvgIpc) is 3.32. The van der Waals surface area contributed by atoms with Crippen LogP contribution < -0.4 is 5.32 Å². The largest absolute Gasteiger partial charge is 0.459 e. The first-order valence-corrected chi connectivity index (χ1v) is 9.21. The lowest BCUT2D eigenvalue weighted by molar-refractivity contribution is -0.00461. The molecule has 0 radical (unpaired) electrons. The Labute approximate surface area is 165 Å². The summed E-state index contributed by atoms with van der Waals surface area (Å²) in [6.45, 7) is 1.12. The molecule has 28 heavy (non-hydrogen) atoms. The molecular weight excluding hydrogens is 391 g/mol. The molecule has 1 aromatic heterocycles. The van der Waals surface area contributed by atoms with Gasteiger partial charge >= 0.3 is 0 Å². The Morgan fingerprint density at radius 2 is 1.86 bits per heavy atom. The highest BCUT2D eigenvalue weighted by Crippen LogP contribution is 2.22. The van der Waals surface area contributed by atoms with Gasteiger partial charge in [-0.15, -0.1) is 0 Å². The summed E-state index contributed by atoms with van der Waals surface area (Å²) >= 11 is 5.84. The van der Waals surface area contributed by atoms with Crippen LogP contribution in [0.15, 0.2) is 41.0 Å². The van der Waals surface area contributed by atoms with Crippen LogP contribution in [0, 0.1) is 5.82 Å². The number of carbonyl (C=O) groups is 2. The number of halogens is 2. The highest BCUT2D eigenvalue weighted by atomic mass is 35.5. The summed E-state index contributed by atoms with van der Waals surface area (Å²) < 4.78 is 30.7. The molecule has 2 saturated heterocycles. The van der Waals surface area contributed by atoms with Gasteiger partial charge in [0.05, 0.1) is 44.2 Å². The van der Waals surface area contributed by atoms with Gasteiger partial charge in [-0.2, -0.15) is 0 Å². The number of nitrogens with one attached hydrogen (secondary N) is 1. The Balaban J connectivity index is 1.34. The third kappa shape index (κ3) is 3.89. The van der Waals surface area contributed by atoms with Crippen LogP contribution in [0.5, 0.6) is 0 Å². The van der Waals surface area contributed by atoms with Crippen LogP contribution in [-0.2, 0) is 9.47 Å². The van der Waals surface area contributed by atoms with Gasteiger partial charge in [0.25, 0.3) is 11.8 Å². The van der Waals surface area contributed by atoms with Gasteiger partial charge in [-0.1, -0.05) is 11.6 Å². The zero-order valence-electron chi connectivity index (χ0n) is 14.8. The van der Waals surface area contributed by atoms with E-state index in [0.29, 0.717) is 13.1 Å². The van der Waals surface area contributed by atoms with Gasteiger partial charge in [-0.05, 0) is 30.3 Å². The van der Waals surface area contributed by atoms with Crippen molar-refractivity contribution in [3.8, 4) is 0 Å². The summed E-state index contributed by atoms with van der Waals surface area (Å²) in [6.07, 6.45) is 0.845. The normalized spacial score (nSPS) is 22.6. The molecule has 7 nitrogen and oxygen atoms in total. The highest BCUT2D eigenvalue weighted by Gasteiger charge is 2.40. The van der Waals surface area contributed by atoms with Crippen molar-refractivity contribution in [1.82, 2.24) is 10.2 Å². The second-order valence-corrected chi connectivity index (χ2v) is 7.16. The fourth-order valence-electron chi connectivity index (χ4n) is 3.33. The Bertz CT molecular complexity index is 859. The van der Waals surface area contributed by atoms with Crippen LogP contribution in [0.4, 0.5) is 4.39 Å². The molecule has 0 unspecified atom stereocenters. The molecule has 0 spiro atoms. The molecular formula is C19H18ClFN2O5. The predicted molar refractivity (Wildman–Crippen MR) is 96.8 cm³/mol. The predicted octanol–water partition coefficient (Wildman–Crippen LogP) is 2.11. The maximum Gasteiger partial charge on any atom is 0.289 e. The quantitative estimate of drug-likeness (QED) is 0.841. The average molecular weight is 409 g/mol. The van der Waals surface area contributed by atoms with Crippen molar-refractivity contribution < 1.29 is 27.9 Å². The molecule has 2 aliphatic rings. The third-order valence-electron chi connectivity index (χ3n) is 4.77. The van der Waals surface area contributed by atoms with Crippen molar-refractivity contribution in [3.63, 3.8) is 0 Å². The summed E-state index contributed by atoms with van der Waals surface area (Å²) in [5.41, 5.74) is -0.132. The van der Waals surface area contributed by atoms with E-state index >= 15 is 0 Å². The van der Waals surface area contributed by atoms with E-state index < -0.39 is 17.8 Å². The number of hydrogen-bond acceptors (Lipinski definition) is 5. The van der Waals surface area contributed by atoms with Gasteiger partial charge in [0.1, 0.15) is 18.0 Å². The Kier molecular flexibility index (Phi) is 5.34. The van der Waals surface area contributed by atoms with Crippen molar-refractivity contribution in [2.24, 2.45) is 0 Å². The minimum absolute atomic E-state index is 0.132. The zero-order chi connectivity index (χ0) is 19.7. The number of amides is 2. The Hall–Kier alpha value is -2.42. The van der Waals surface area contributed by atoms with Crippen LogP contribution in [0.2, 0.25) is 5.02 Å². The van der Waals surface area contributed by atoms with E-state index in [0.717, 1.165) is 6.07 Å². The number of ether oxygens (including phenoxy) is 2. The molecule has 2 aromatic rings. The second kappa shape index (κ2) is 7.90. The summed E-state index contributed by atoms with van der Waals surface area (Å²) in [5, 5.41) is 2.98. The van der Waals surface area contributed by atoms with E-state index in [9.17, 15) is 14.0 Å². The van der Waals surface area contributed by atoms with Gasteiger partial charge in [0.2, 0.25) is 0 Å². The number of hydrogen-bond donors (Lipinski definition) is 1. The van der Waals surface area contributed by atoms with Crippen molar-refractivity contribution in [1.29, 1.82) is 0 Å². The molecule has 1 N–H and O–H groups in total. The van der Waals surface area contributed by atoms with E-state index in [1.54, 1.807) is 17.0 Å². The highest BCUT2D eigenvalue weighted by molar-refractivity contribution is 6.31. The molecule has 4 rings (SSSR count). The molecule has 1 aromatic carbocycles. The number of likely N-dealkylation sites (tertiary alicyclic amines) is 1. The third-order valence-corrected chi connectivity index (χ3v) is 5.00. The van der Waals surface area contributed by atoms with E-state index in [1.807, 2.05) is 0 Å². The molecule has 148 valence electrons. The molecule has 2 atom stereocenters. The standard InChI is InChI=1S/C19H18ClFN2O5/c20-11-3-4-14(21)13(6-11)18(24)22-12-9-27-16-7-23(8-17(16)28-10-12)19(25)15-2-1-5-26-15/h1-6,12,16-17H,7-10H2,(H,22,24)/t16-,17-/m0/s1. The molecule has 2 aliphatic heterocycles. The molecule has 0 aliphatic carbocycles. The van der Waals surface area contributed by atoms with E-state index in [4.69, 9.17) is 25.5 Å². The van der Waals surface area contributed by atoms with E-state index in [2.05, 4.69) is 5.32 Å². The molecule has 9 heteroatoms. The maximum absolute atomic E-state index is 13.9. The first-order chi connectivity index (χ1) is 13.5. The van der Waals surface area contributed by atoms with E-state index in [1.165, 1.54) is 18.4 Å². The number of fused-ring (bicyclic) bond motifs is 1. The molecule has 0 saturated carbocycles. The van der Waals surface area contributed by atoms with Crippen LogP contribution >= 0.6 is 11.6 Å². The van der Waals surface area contributed by atoms with Crippen molar-refractivity contribution in [3.05, 3.63) is 58.8 Å². The first kappa shape index (κ1) is 18.9. The lowest BCUT2D eigenvalue weighted by Gasteiger charge is -2.19. The number of benzene rings is 1. The van der Waals surface area contributed by atoms with Crippen molar-refractivity contribution in [2.45, 2.75) is 18.2 Å². The topological polar surface area (TPSA) is 81.0 Å². The number of furan rings is 1. The van der Waals surface area contributed by atoms with Crippen LogP contribution in [0.3, 0.4) is 0 Å². The fourth-order valence-corrected chi connectivity index (χ4v) is 3.50. The zero-order valence-corrected chi connectivity index (χ0v) is 15.5. The van der Waals surface area contributed by atoms with Gasteiger partial charge in [-0.3, -0.25) is 9.59 Å². The van der Waals surface area contributed by atoms with Gasteiger partial charge in [0.15, 0.2) is 5.76 Å². The molecule has 0 bridgehead atoms. The maximum atomic E-state index is 13.9. The van der Waals surface area contributed by atoms with Gasteiger partial charge in [0, 0.05) is 5.02 Å². The van der Waals surface area contributed by atoms with Crippen molar-refractivity contribution >= 4 is 23.4 Å². The van der Waals surface area contributed by atoms with Crippen LogP contribution in [0.25, 0.3) is 0 Å². The van der Waals surface area contributed by atoms with Gasteiger partial charge < -0.3 is 24.1 Å². The SMILES string of the molecule is O=C(NC1CO[C@H]2CN(C(=O)c3ccco3)C[C@@H]2OC1)c1cc(Cl)ccc1F. The summed E-state index contributed by atoms with van der Waals surface area (Å²) in [5.74, 6) is -1.18. The summed E-state index contributed by atoms with van der Waals surface area (Å²) in [7, 11) is 0. The number of carbonyl (C=O) groups excluding carboxylic acids is 2. The minimum atomic E-state index is -0.652. The summed E-state index contributed by atoms with van der Waals surface area (Å²) in [6, 6.07) is 6.63. The number of rotatable bonds is 3. The van der Waals surface area contributed by atoms with E-state index in [-0.39, 0.29) is 47.7 Å². The first-order valence-electron chi connectivity index (χ1n) is 8.83. The Morgan fingerprint density at radius 1 is 1.14 bits per heavy atom. The molecule has 3 heterocycles. The van der Waals surface area contributed by atoms with Crippen LogP contribution in [0.1, 0.15) is 20.9 Å². The molecule has 2 fully saturated rings. The molecule has 2 amide bonds. The monoisotopic (exact) mass is 408 g/mol. The summed E-state index contributed by atoms with van der Waals surface area (Å²) in [4.78, 5) is 26.3. The smallest absolute Gasteiger partial charge is 0.289 e. The minimum Gasteiger partial charge on any atom is -0.459 e. The van der Waals surface area contributed by atoms with Crippen LogP contribution in [-0.4, -0.2) is 61.3 Å².